The Labute approximate surface area is 124 Å². The number of carbonyl (C=O) groups is 1. The number of fused-ring (bicyclic) bond motifs is 2. The second-order valence-corrected chi connectivity index (χ2v) is 5.04. The van der Waals surface area contributed by atoms with Crippen LogP contribution in [0, 0.1) is 0 Å². The number of methoxy groups -OCH3 is 1. The van der Waals surface area contributed by atoms with E-state index in [0.717, 1.165) is 0 Å². The highest BCUT2D eigenvalue weighted by molar-refractivity contribution is 6.45. The van der Waals surface area contributed by atoms with Crippen molar-refractivity contribution in [2.75, 3.05) is 7.11 Å². The normalized spacial score (nSPS) is 13.5. The first-order chi connectivity index (χ1) is 10.1. The summed E-state index contributed by atoms with van der Waals surface area (Å²) in [6, 6.07) is 4.59. The number of hydrogen-bond acceptors (Lipinski definition) is 4. The predicted molar refractivity (Wildman–Crippen MR) is 80.6 cm³/mol. The van der Waals surface area contributed by atoms with E-state index in [4.69, 9.17) is 16.0 Å². The third kappa shape index (κ3) is 2.28. The van der Waals surface area contributed by atoms with E-state index >= 15 is 0 Å². The fraction of sp³-hybridized carbons (Fsp3) is 0.125. The van der Waals surface area contributed by atoms with Gasteiger partial charge in [0, 0.05) is 6.42 Å². The number of carbonyl (C=O) groups excluding carboxylic acids is 1. The van der Waals surface area contributed by atoms with Crippen LogP contribution < -0.4 is 16.1 Å². The lowest BCUT2D eigenvalue weighted by atomic mass is 10.1. The molecule has 4 nitrogen and oxygen atoms in total. The van der Waals surface area contributed by atoms with Gasteiger partial charge in [0.05, 0.1) is 28.3 Å². The van der Waals surface area contributed by atoms with Gasteiger partial charge >= 0.3 is 5.97 Å². The topological polar surface area (TPSA) is 56.5 Å². The summed E-state index contributed by atoms with van der Waals surface area (Å²) in [7, 11) is 1.30. The molecule has 0 atom stereocenters. The van der Waals surface area contributed by atoms with Crippen molar-refractivity contribution in [1.82, 2.24) is 0 Å². The van der Waals surface area contributed by atoms with Crippen molar-refractivity contribution in [1.29, 1.82) is 0 Å². The zero-order chi connectivity index (χ0) is 15.0. The summed E-state index contributed by atoms with van der Waals surface area (Å²) in [5, 5.41) is 1.28. The van der Waals surface area contributed by atoms with Crippen molar-refractivity contribution in [3.8, 4) is 0 Å². The zero-order valence-corrected chi connectivity index (χ0v) is 11.9. The van der Waals surface area contributed by atoms with Crippen molar-refractivity contribution in [2.45, 2.75) is 6.42 Å². The lowest BCUT2D eigenvalue weighted by Gasteiger charge is -2.02. The molecular formula is C16H11ClO4. The van der Waals surface area contributed by atoms with E-state index in [9.17, 15) is 9.59 Å². The molecule has 0 aliphatic heterocycles. The Morgan fingerprint density at radius 1 is 1.38 bits per heavy atom. The van der Waals surface area contributed by atoms with E-state index in [0.29, 0.717) is 38.6 Å². The number of rotatable bonds is 1. The molecule has 0 N–H and O–H groups in total. The van der Waals surface area contributed by atoms with E-state index in [-0.39, 0.29) is 5.43 Å². The largest absolute Gasteiger partial charge is 0.465 e. The van der Waals surface area contributed by atoms with Crippen LogP contribution in [0.5, 0.6) is 0 Å². The maximum absolute atomic E-state index is 12.5. The van der Waals surface area contributed by atoms with E-state index < -0.39 is 5.97 Å². The second-order valence-electron chi connectivity index (χ2n) is 4.58. The highest BCUT2D eigenvalue weighted by Gasteiger charge is 2.12. The molecule has 1 aromatic heterocycles. The maximum atomic E-state index is 12.5. The van der Waals surface area contributed by atoms with Gasteiger partial charge in [0.1, 0.15) is 5.58 Å². The monoisotopic (exact) mass is 302 g/mol. The average Bonchev–Trinajstić information content (AvgIpc) is 2.69. The van der Waals surface area contributed by atoms with Crippen LogP contribution in [-0.2, 0) is 4.74 Å². The molecule has 0 saturated carbocycles. The Balaban J connectivity index is 2.44. The summed E-state index contributed by atoms with van der Waals surface area (Å²) in [5.41, 5.74) is 0.809. The molecule has 1 aliphatic rings. The molecule has 0 amide bonds. The van der Waals surface area contributed by atoms with Gasteiger partial charge in [0.15, 0.2) is 5.42 Å². The van der Waals surface area contributed by atoms with Gasteiger partial charge in [-0.05, 0) is 24.3 Å². The van der Waals surface area contributed by atoms with Crippen LogP contribution in [0.3, 0.4) is 0 Å². The number of ether oxygens (including phenoxy) is 1. The minimum Gasteiger partial charge on any atom is -0.465 e. The Bertz CT molecular complexity index is 951. The van der Waals surface area contributed by atoms with Gasteiger partial charge in [-0.2, -0.15) is 0 Å². The molecule has 106 valence electrons. The van der Waals surface area contributed by atoms with Gasteiger partial charge in [0.2, 0.25) is 5.43 Å². The molecule has 2 aromatic rings. The molecule has 21 heavy (non-hydrogen) atoms. The number of esters is 1. The van der Waals surface area contributed by atoms with Crippen LogP contribution in [0.4, 0.5) is 0 Å². The second kappa shape index (κ2) is 5.22. The van der Waals surface area contributed by atoms with Crippen LogP contribution >= 0.6 is 11.6 Å². The van der Waals surface area contributed by atoms with Crippen LogP contribution in [0.15, 0.2) is 39.6 Å². The van der Waals surface area contributed by atoms with Crippen molar-refractivity contribution in [2.24, 2.45) is 0 Å². The van der Waals surface area contributed by atoms with Gasteiger partial charge in [-0.1, -0.05) is 23.8 Å². The Kier molecular flexibility index (Phi) is 3.39. The molecule has 5 heteroatoms. The highest BCUT2D eigenvalue weighted by atomic mass is 35.5. The van der Waals surface area contributed by atoms with Gasteiger partial charge in [0.25, 0.3) is 0 Å². The van der Waals surface area contributed by atoms with Crippen molar-refractivity contribution in [3.63, 3.8) is 0 Å². The van der Waals surface area contributed by atoms with Crippen molar-refractivity contribution in [3.05, 3.63) is 56.8 Å². The predicted octanol–water partition coefficient (Wildman–Crippen LogP) is 1.67. The van der Waals surface area contributed by atoms with Gasteiger partial charge in [-0.15, -0.1) is 0 Å². The lowest BCUT2D eigenvalue weighted by Crippen LogP contribution is -2.39. The van der Waals surface area contributed by atoms with Crippen LogP contribution in [-0.4, -0.2) is 13.1 Å². The van der Waals surface area contributed by atoms with E-state index in [2.05, 4.69) is 4.74 Å². The standard InChI is InChI=1S/C16H11ClO4/c1-20-16(19)9-6-7-10-13(8-9)21-15-11(14(10)18)4-2-3-5-12(15)17/h2-4,6-8H,5H2,1H3. The van der Waals surface area contributed by atoms with Crippen molar-refractivity contribution >= 4 is 39.6 Å². The molecule has 0 radical (unpaired) electrons. The number of hydrogen-bond donors (Lipinski definition) is 0. The molecule has 0 saturated heterocycles. The first kappa shape index (κ1) is 13.6. The molecule has 0 unspecified atom stereocenters. The van der Waals surface area contributed by atoms with E-state index in [1.807, 2.05) is 6.08 Å². The molecule has 0 spiro atoms. The number of halogens is 1. The highest BCUT2D eigenvalue weighted by Crippen LogP contribution is 2.13. The Morgan fingerprint density at radius 2 is 2.19 bits per heavy atom. The minimum atomic E-state index is -0.488. The summed E-state index contributed by atoms with van der Waals surface area (Å²) in [6.07, 6.45) is 5.81. The smallest absolute Gasteiger partial charge is 0.337 e. The molecule has 0 bridgehead atoms. The molecule has 1 aliphatic carbocycles. The molecular weight excluding hydrogens is 292 g/mol. The van der Waals surface area contributed by atoms with Gasteiger partial charge in [-0.25, -0.2) is 4.79 Å². The van der Waals surface area contributed by atoms with Crippen LogP contribution in [0.1, 0.15) is 16.8 Å². The first-order valence-electron chi connectivity index (χ1n) is 6.32. The quantitative estimate of drug-likeness (QED) is 0.752. The van der Waals surface area contributed by atoms with Gasteiger partial charge < -0.3 is 9.15 Å². The summed E-state index contributed by atoms with van der Waals surface area (Å²) >= 11 is 6.17. The zero-order valence-electron chi connectivity index (χ0n) is 11.2. The first-order valence-corrected chi connectivity index (χ1v) is 6.70. The Morgan fingerprint density at radius 3 is 2.95 bits per heavy atom. The van der Waals surface area contributed by atoms with E-state index in [1.165, 1.54) is 19.2 Å². The summed E-state index contributed by atoms with van der Waals surface area (Å²) in [5.74, 6) is -0.488. The third-order valence-electron chi connectivity index (χ3n) is 3.29. The SMILES string of the molecule is COC(=O)c1ccc2c(=O)c3c(oc2c1)=C(Cl)CC=CC=3. The third-order valence-corrected chi connectivity index (χ3v) is 3.62. The van der Waals surface area contributed by atoms with Crippen LogP contribution in [0.25, 0.3) is 22.1 Å². The molecule has 0 fully saturated rings. The molecule has 1 aromatic carbocycles. The molecule has 1 heterocycles. The van der Waals surface area contributed by atoms with Crippen molar-refractivity contribution < 1.29 is 13.9 Å². The summed E-state index contributed by atoms with van der Waals surface area (Å²) in [4.78, 5) is 24.1. The van der Waals surface area contributed by atoms with Crippen LogP contribution in [0.2, 0.25) is 0 Å². The summed E-state index contributed by atoms with van der Waals surface area (Å²) < 4.78 is 10.4. The van der Waals surface area contributed by atoms with Gasteiger partial charge in [-0.3, -0.25) is 4.79 Å². The average molecular weight is 303 g/mol. The fourth-order valence-corrected chi connectivity index (χ4v) is 2.46. The molecule has 3 rings (SSSR count). The maximum Gasteiger partial charge on any atom is 0.337 e. The number of allylic oxidation sites excluding steroid dienone is 2. The lowest BCUT2D eigenvalue weighted by molar-refractivity contribution is 0.0600. The fourth-order valence-electron chi connectivity index (χ4n) is 2.23. The number of benzene rings is 1. The van der Waals surface area contributed by atoms with E-state index in [1.54, 1.807) is 18.2 Å². The Hall–Kier alpha value is -2.33. The summed E-state index contributed by atoms with van der Waals surface area (Å²) in [6.45, 7) is 0. The minimum absolute atomic E-state index is 0.174.